The molecule has 33 heteroatoms. The molecule has 3 aromatic heterocycles. The summed E-state index contributed by atoms with van der Waals surface area (Å²) in [4.78, 5) is 73.6. The number of imidazole rings is 1. The van der Waals surface area contributed by atoms with Gasteiger partial charge in [-0.25, -0.2) is 18.7 Å². The fraction of sp³-hybridized carbons (Fsp3) is 0.640. The first-order valence-corrected chi connectivity index (χ1v) is 21.0. The highest BCUT2D eigenvalue weighted by Gasteiger charge is 2.50. The number of nitrogens with one attached hydrogen (secondary N) is 2. The molecule has 324 valence electrons. The zero-order valence-corrected chi connectivity index (χ0v) is 32.5. The molecule has 3 aromatic rings. The molecule has 6 rings (SSSR count). The van der Waals surface area contributed by atoms with Gasteiger partial charge in [-0.15, -0.1) is 4.20 Å². The number of nitrogens with two attached hydrogens (primary N) is 2. The van der Waals surface area contributed by atoms with Gasteiger partial charge in [0, 0.05) is 14.2 Å². The third-order valence-electron chi connectivity index (χ3n) is 8.80. The Labute approximate surface area is 323 Å². The van der Waals surface area contributed by atoms with Gasteiger partial charge in [0.15, 0.2) is 29.4 Å². The normalized spacial score (nSPS) is 29.7. The van der Waals surface area contributed by atoms with Crippen LogP contribution in [0, 0.1) is 0 Å². The van der Waals surface area contributed by atoms with Crippen LogP contribution in [-0.4, -0.2) is 156 Å². The summed E-state index contributed by atoms with van der Waals surface area (Å²) in [5.41, 5.74) is 9.92. The number of phosphoric acid groups is 2. The van der Waals surface area contributed by atoms with Gasteiger partial charge in [0.1, 0.15) is 48.4 Å². The molecule has 0 amide bonds. The average molecular weight is 895 g/mol. The van der Waals surface area contributed by atoms with E-state index < -0.39 is 116 Å². The molecular weight excluding hydrogens is 856 g/mol. The molecule has 6 heterocycles. The van der Waals surface area contributed by atoms with Crippen molar-refractivity contribution in [2.45, 2.75) is 55.2 Å². The summed E-state index contributed by atoms with van der Waals surface area (Å²) >= 11 is 0. The molecule has 0 saturated carbocycles. The summed E-state index contributed by atoms with van der Waals surface area (Å²) in [5.74, 6) is -0.490. The smallest absolute Gasteiger partial charge is 0.387 e. The van der Waals surface area contributed by atoms with E-state index in [9.17, 15) is 52.6 Å². The molecule has 0 spiro atoms. The number of aromatic nitrogens is 6. The Morgan fingerprint density at radius 3 is 2.07 bits per heavy atom. The Bertz CT molecular complexity index is 2250. The first-order chi connectivity index (χ1) is 27.1. The lowest BCUT2D eigenvalue weighted by molar-refractivity contribution is -0.0591. The van der Waals surface area contributed by atoms with Gasteiger partial charge in [0.05, 0.1) is 39.4 Å². The summed E-state index contributed by atoms with van der Waals surface area (Å²) in [7, 11) is -13.6. The molecule has 58 heavy (non-hydrogen) atoms. The molecule has 3 aliphatic rings. The van der Waals surface area contributed by atoms with Gasteiger partial charge in [-0.1, -0.05) is 0 Å². The maximum absolute atomic E-state index is 13.7. The molecule has 0 radical (unpaired) electrons. The summed E-state index contributed by atoms with van der Waals surface area (Å²) in [6.07, 6.45) is -12.6. The van der Waals surface area contributed by atoms with Crippen LogP contribution >= 0.6 is 23.6 Å². The van der Waals surface area contributed by atoms with Crippen LogP contribution in [0.4, 0.5) is 27.6 Å². The molecular formula is C25H38FN10O19P3. The Balaban J connectivity index is 1.02. The first-order valence-electron chi connectivity index (χ1n) is 16.5. The Morgan fingerprint density at radius 1 is 0.897 bits per heavy atom. The predicted molar refractivity (Wildman–Crippen MR) is 188 cm³/mol. The van der Waals surface area contributed by atoms with E-state index in [4.69, 9.17) is 48.7 Å². The number of anilines is 4. The van der Waals surface area contributed by atoms with Gasteiger partial charge in [0.25, 0.3) is 11.1 Å². The molecule has 0 aromatic carbocycles. The second-order valence-electron chi connectivity index (χ2n) is 12.8. The monoisotopic (exact) mass is 894 g/mol. The number of phosphoric ester groups is 2. The van der Waals surface area contributed by atoms with Crippen LogP contribution < -0.4 is 32.4 Å². The quantitative estimate of drug-likeness (QED) is 0.0594. The van der Waals surface area contributed by atoms with Crippen molar-refractivity contribution < 1.29 is 84.7 Å². The molecule has 0 bridgehead atoms. The van der Waals surface area contributed by atoms with E-state index in [1.54, 1.807) is 0 Å². The number of hydrogen-bond acceptors (Lipinski definition) is 23. The fourth-order valence-corrected chi connectivity index (χ4v) is 8.25. The van der Waals surface area contributed by atoms with Crippen LogP contribution in [0.15, 0.2) is 15.9 Å². The average Bonchev–Trinajstić information content (AvgIpc) is 3.86. The standard InChI is InChI=1S/C25H38FN10O19P3/c1-34-8-36(19-13(34)21(41)33-25(28)31-19)22-16(39)14(37)10(53-22)5-51-57(44,45)49-3-9(55-56(26,42)43)4-50-58(46,47)52-6-11-15(38)17(48-2)23(54-11)35-7-29-12-18(35)30-24(27)32-20(12)40/h7,9-11,14-17,22-23,37-39H,3-6,8H2,1-2H3,(H,42,43)(H,44,45)(H,46,47)(H3,27,30,32,40)(H3,28,31,33,41)/t9?,10-,11-,14-,15-,16-,17-,22-,23-/m1/s1. The number of aliphatic hydroxyl groups excluding tert-OH is 3. The number of nitrogens with zero attached hydrogens (tertiary/aromatic N) is 6. The highest BCUT2D eigenvalue weighted by atomic mass is 31.2. The maximum atomic E-state index is 13.7. The molecule has 12 N–H and O–H groups in total. The highest BCUT2D eigenvalue weighted by molar-refractivity contribution is 7.48. The van der Waals surface area contributed by atoms with Crippen LogP contribution in [0.25, 0.3) is 11.2 Å². The highest BCUT2D eigenvalue weighted by Crippen LogP contribution is 2.50. The van der Waals surface area contributed by atoms with Crippen LogP contribution in [0.1, 0.15) is 6.23 Å². The first kappa shape index (κ1) is 44.1. The number of H-pyrrole nitrogens is 2. The number of methoxy groups -OCH3 is 1. The molecule has 2 fully saturated rings. The Kier molecular flexibility index (Phi) is 12.8. The SMILES string of the molecule is CO[C@@H]1[C@H](O)[C@@H](COP(=O)(O)OCC(COP(=O)(O)OC[C@H]2O[C@@H](N3CN(C)c4c3nc(N)[nH]c4=O)[C@H](O)[C@@H]2O)OP(=O)(O)F)O[C@H]1n1cnc2c(=O)[nH]c(N)nc21. The van der Waals surface area contributed by atoms with Crippen molar-refractivity contribution in [2.75, 3.05) is 68.5 Å². The lowest BCUT2D eigenvalue weighted by Gasteiger charge is -2.27. The Hall–Kier alpha value is -3.51. The van der Waals surface area contributed by atoms with E-state index in [1.165, 1.54) is 28.5 Å². The molecule has 3 aliphatic heterocycles. The van der Waals surface area contributed by atoms with Crippen molar-refractivity contribution in [1.82, 2.24) is 29.5 Å². The van der Waals surface area contributed by atoms with Gasteiger partial charge >= 0.3 is 23.6 Å². The van der Waals surface area contributed by atoms with E-state index in [2.05, 4.69) is 29.4 Å². The zero-order valence-electron chi connectivity index (χ0n) is 29.9. The maximum Gasteiger partial charge on any atom is 0.510 e. The van der Waals surface area contributed by atoms with Crippen molar-refractivity contribution in [2.24, 2.45) is 0 Å². The molecule has 4 unspecified atom stereocenters. The summed E-state index contributed by atoms with van der Waals surface area (Å²) < 4.78 is 91.8. The van der Waals surface area contributed by atoms with E-state index in [-0.39, 0.29) is 41.2 Å². The van der Waals surface area contributed by atoms with Crippen molar-refractivity contribution in [3.05, 3.63) is 27.0 Å². The largest absolute Gasteiger partial charge is 0.510 e. The van der Waals surface area contributed by atoms with E-state index in [0.717, 1.165) is 6.33 Å². The van der Waals surface area contributed by atoms with Crippen molar-refractivity contribution in [3.8, 4) is 0 Å². The van der Waals surface area contributed by atoms with Crippen LogP contribution in [0.2, 0.25) is 0 Å². The molecule has 2 saturated heterocycles. The summed E-state index contributed by atoms with van der Waals surface area (Å²) in [6.45, 7) is -4.42. The van der Waals surface area contributed by atoms with Crippen molar-refractivity contribution in [1.29, 1.82) is 0 Å². The molecule has 29 nitrogen and oxygen atoms in total. The second kappa shape index (κ2) is 16.9. The number of nitrogen functional groups attached to an aromatic ring is 2. The summed E-state index contributed by atoms with van der Waals surface area (Å²) in [6, 6.07) is 0. The third kappa shape index (κ3) is 9.59. The van der Waals surface area contributed by atoms with Gasteiger partial charge in [-0.2, -0.15) is 9.97 Å². The second-order valence-corrected chi connectivity index (χ2v) is 16.8. The van der Waals surface area contributed by atoms with Gasteiger partial charge in [-0.3, -0.25) is 51.6 Å². The fourth-order valence-electron chi connectivity index (χ4n) is 6.23. The van der Waals surface area contributed by atoms with Gasteiger partial charge in [-0.05, 0) is 0 Å². The number of fused-ring (bicyclic) bond motifs is 2. The molecule has 12 atom stereocenters. The topological polar surface area (TPSA) is 414 Å². The third-order valence-corrected chi connectivity index (χ3v) is 11.3. The Morgan fingerprint density at radius 2 is 1.47 bits per heavy atom. The number of ether oxygens (including phenoxy) is 3. The minimum absolute atomic E-state index is 0.0129. The number of halogens is 1. The zero-order chi connectivity index (χ0) is 42.5. The minimum Gasteiger partial charge on any atom is -0.387 e. The van der Waals surface area contributed by atoms with Gasteiger partial charge < -0.3 is 60.6 Å². The lowest BCUT2D eigenvalue weighted by atomic mass is 10.1. The van der Waals surface area contributed by atoms with Crippen molar-refractivity contribution in [3.63, 3.8) is 0 Å². The van der Waals surface area contributed by atoms with Gasteiger partial charge in [0.2, 0.25) is 11.9 Å². The van der Waals surface area contributed by atoms with Crippen molar-refractivity contribution >= 4 is 58.1 Å². The van der Waals surface area contributed by atoms with Crippen LogP contribution in [0.3, 0.4) is 0 Å². The van der Waals surface area contributed by atoms with E-state index in [1.807, 2.05) is 0 Å². The number of aliphatic hydroxyl groups is 3. The summed E-state index contributed by atoms with van der Waals surface area (Å²) in [5, 5.41) is 32.1. The van der Waals surface area contributed by atoms with Crippen LogP contribution in [0.5, 0.6) is 0 Å². The van der Waals surface area contributed by atoms with E-state index >= 15 is 0 Å². The number of hydrogen-bond donors (Lipinski definition) is 10. The predicted octanol–water partition coefficient (Wildman–Crippen LogP) is -3.28. The lowest BCUT2D eigenvalue weighted by Crippen LogP contribution is -2.45. The van der Waals surface area contributed by atoms with Crippen LogP contribution in [-0.2, 0) is 50.5 Å². The number of aromatic amines is 2. The van der Waals surface area contributed by atoms with E-state index in [0.29, 0.717) is 0 Å². The minimum atomic E-state index is -5.91. The molecule has 0 aliphatic carbocycles. The number of rotatable bonds is 17.